The Balaban J connectivity index is 1.33. The molecule has 1 fully saturated rings. The largest absolute Gasteiger partial charge is 0.324 e. The molecule has 2 aromatic rings. The number of hydrogen-bond acceptors (Lipinski definition) is 4. The molecular weight excluding hydrogens is 482 g/mol. The number of nitrogens with one attached hydrogen (secondary N) is 1. The number of carbonyl (C=O) groups is 2. The lowest BCUT2D eigenvalue weighted by atomic mass is 9.87. The highest BCUT2D eigenvalue weighted by Gasteiger charge is 2.22. The molecule has 5 heteroatoms. The summed E-state index contributed by atoms with van der Waals surface area (Å²) in [7, 11) is 0. The average molecular weight is 526 g/mol. The minimum Gasteiger partial charge on any atom is -0.324 e. The number of anilines is 1. The van der Waals surface area contributed by atoms with Gasteiger partial charge in [-0.1, -0.05) is 38.0 Å². The second-order valence-electron chi connectivity index (χ2n) is 11.7. The molecule has 0 bridgehead atoms. The van der Waals surface area contributed by atoms with Crippen LogP contribution in [0.1, 0.15) is 101 Å². The Bertz CT molecular complexity index is 1260. The molecule has 2 aromatic heterocycles. The van der Waals surface area contributed by atoms with Crippen LogP contribution in [-0.4, -0.2) is 21.7 Å². The molecule has 0 radical (unpaired) electrons. The van der Waals surface area contributed by atoms with Gasteiger partial charge < -0.3 is 10.1 Å². The highest BCUT2D eigenvalue weighted by molar-refractivity contribution is 5.93. The molecule has 1 N–H and O–H groups in total. The topological polar surface area (TPSA) is 72.0 Å². The molecule has 0 aromatic carbocycles. The number of ketones is 1. The van der Waals surface area contributed by atoms with Crippen LogP contribution in [0.25, 0.3) is 5.57 Å². The molecule has 0 saturated heterocycles. The molecule has 206 valence electrons. The number of allylic oxidation sites excluding steroid dienone is 5. The van der Waals surface area contributed by atoms with Gasteiger partial charge in [0.25, 0.3) is 0 Å². The van der Waals surface area contributed by atoms with Gasteiger partial charge in [0.2, 0.25) is 5.91 Å². The highest BCUT2D eigenvalue weighted by atomic mass is 16.1. The first-order valence-electron chi connectivity index (χ1n) is 14.5. The van der Waals surface area contributed by atoms with Crippen molar-refractivity contribution in [3.63, 3.8) is 0 Å². The molecule has 39 heavy (non-hydrogen) atoms. The van der Waals surface area contributed by atoms with Gasteiger partial charge in [0.05, 0.1) is 18.3 Å². The van der Waals surface area contributed by atoms with E-state index < -0.39 is 0 Å². The van der Waals surface area contributed by atoms with E-state index in [1.807, 2.05) is 25.3 Å². The highest BCUT2D eigenvalue weighted by Crippen LogP contribution is 2.35. The van der Waals surface area contributed by atoms with Gasteiger partial charge in [-0.25, -0.2) is 0 Å². The third kappa shape index (κ3) is 8.58. The molecule has 2 heterocycles. The summed E-state index contributed by atoms with van der Waals surface area (Å²) in [6.45, 7) is 8.14. The van der Waals surface area contributed by atoms with Crippen LogP contribution in [-0.2, 0) is 9.59 Å². The monoisotopic (exact) mass is 525 g/mol. The van der Waals surface area contributed by atoms with E-state index in [1.165, 1.54) is 12.0 Å². The van der Waals surface area contributed by atoms with Gasteiger partial charge >= 0.3 is 0 Å². The number of hydrogen-bond donors (Lipinski definition) is 1. The Morgan fingerprint density at radius 3 is 2.62 bits per heavy atom. The lowest BCUT2D eigenvalue weighted by molar-refractivity contribution is -0.118. The minimum absolute atomic E-state index is 0.0316. The van der Waals surface area contributed by atoms with Crippen LogP contribution in [0.3, 0.4) is 0 Å². The zero-order valence-electron chi connectivity index (χ0n) is 24.0. The third-order valence-corrected chi connectivity index (χ3v) is 8.07. The maximum atomic E-state index is 12.9. The first-order valence-corrected chi connectivity index (χ1v) is 14.5. The SMILES string of the molecule is CC(=O)CC1CCCC(c2ccc(NC(=O)CC3=CCC=C(c4ccnc(C)c4)C(C)=C3)cn2)CCC(C)C1. The van der Waals surface area contributed by atoms with Crippen molar-refractivity contribution in [3.05, 3.63) is 83.0 Å². The van der Waals surface area contributed by atoms with E-state index in [0.717, 1.165) is 78.7 Å². The summed E-state index contributed by atoms with van der Waals surface area (Å²) in [5, 5.41) is 3.04. The maximum Gasteiger partial charge on any atom is 0.228 e. The fraction of sp³-hybridized carbons (Fsp3) is 0.471. The molecule has 5 nitrogen and oxygen atoms in total. The molecule has 1 saturated carbocycles. The number of amides is 1. The lowest BCUT2D eigenvalue weighted by Gasteiger charge is -2.18. The van der Waals surface area contributed by atoms with Gasteiger partial charge in [-0.05, 0) is 111 Å². The number of Topliss-reactive ketones (excluding diaryl/α,β-unsaturated/α-hetero) is 1. The normalized spacial score (nSPS) is 22.3. The van der Waals surface area contributed by atoms with Crippen LogP contribution in [0.4, 0.5) is 5.69 Å². The van der Waals surface area contributed by atoms with Crippen molar-refractivity contribution < 1.29 is 9.59 Å². The summed E-state index contributed by atoms with van der Waals surface area (Å²) in [6, 6.07) is 8.21. The van der Waals surface area contributed by atoms with Gasteiger partial charge in [0.15, 0.2) is 0 Å². The predicted octanol–water partition coefficient (Wildman–Crippen LogP) is 8.14. The first kappa shape index (κ1) is 28.7. The number of nitrogens with zero attached hydrogens (tertiary/aromatic N) is 2. The van der Waals surface area contributed by atoms with Crippen LogP contribution in [0, 0.1) is 18.8 Å². The van der Waals surface area contributed by atoms with E-state index >= 15 is 0 Å². The Hall–Kier alpha value is -3.34. The number of aromatic nitrogens is 2. The van der Waals surface area contributed by atoms with E-state index in [0.29, 0.717) is 30.0 Å². The molecule has 1 amide bonds. The Morgan fingerprint density at radius 2 is 1.87 bits per heavy atom. The molecule has 4 rings (SSSR count). The molecule has 2 aliphatic rings. The first-order chi connectivity index (χ1) is 18.8. The number of pyridine rings is 2. The zero-order chi connectivity index (χ0) is 27.8. The van der Waals surface area contributed by atoms with E-state index in [9.17, 15) is 9.59 Å². The molecule has 2 aliphatic carbocycles. The van der Waals surface area contributed by atoms with Crippen molar-refractivity contribution in [1.29, 1.82) is 0 Å². The Labute approximate surface area is 233 Å². The summed E-state index contributed by atoms with van der Waals surface area (Å²) in [6.07, 6.45) is 18.8. The van der Waals surface area contributed by atoms with Crippen LogP contribution >= 0.6 is 0 Å². The van der Waals surface area contributed by atoms with Crippen molar-refractivity contribution in [2.24, 2.45) is 11.8 Å². The molecule has 3 atom stereocenters. The van der Waals surface area contributed by atoms with Gasteiger partial charge in [-0.3, -0.25) is 14.8 Å². The Morgan fingerprint density at radius 1 is 1.03 bits per heavy atom. The second kappa shape index (κ2) is 13.6. The summed E-state index contributed by atoms with van der Waals surface area (Å²) in [4.78, 5) is 33.6. The second-order valence-corrected chi connectivity index (χ2v) is 11.7. The number of rotatable bonds is 7. The van der Waals surface area contributed by atoms with Crippen molar-refractivity contribution in [2.75, 3.05) is 5.32 Å². The fourth-order valence-corrected chi connectivity index (χ4v) is 6.17. The maximum absolute atomic E-state index is 12.9. The zero-order valence-corrected chi connectivity index (χ0v) is 24.0. The third-order valence-electron chi connectivity index (χ3n) is 8.07. The van der Waals surface area contributed by atoms with E-state index in [2.05, 4.69) is 54.5 Å². The van der Waals surface area contributed by atoms with Crippen molar-refractivity contribution >= 4 is 23.0 Å². The van der Waals surface area contributed by atoms with Crippen LogP contribution in [0.5, 0.6) is 0 Å². The standard InChI is InChI=1S/C34H43N3O2/c1-23-11-12-29(9-5-7-27(17-23)20-26(4)38)33-14-13-31(22-36-33)37-34(39)21-28-8-6-10-32(24(2)18-28)30-15-16-35-25(3)19-30/h8,10,13-16,18-19,22-23,27,29H,5-7,9,11-12,17,20-21H2,1-4H3,(H,37,39). The Kier molecular flexibility index (Phi) is 10.0. The summed E-state index contributed by atoms with van der Waals surface area (Å²) in [5.41, 5.74) is 7.38. The molecule has 0 spiro atoms. The van der Waals surface area contributed by atoms with Crippen molar-refractivity contribution in [1.82, 2.24) is 9.97 Å². The quantitative estimate of drug-likeness (QED) is 0.396. The molecular formula is C34H43N3O2. The average Bonchev–Trinajstić information content (AvgIpc) is 3.00. The summed E-state index contributed by atoms with van der Waals surface area (Å²) in [5.74, 6) is 1.86. The molecule has 0 aliphatic heterocycles. The van der Waals surface area contributed by atoms with Crippen molar-refractivity contribution in [3.8, 4) is 0 Å². The van der Waals surface area contributed by atoms with Crippen LogP contribution in [0.2, 0.25) is 0 Å². The van der Waals surface area contributed by atoms with Gasteiger partial charge in [-0.2, -0.15) is 0 Å². The number of carbonyl (C=O) groups excluding carboxylic acids is 2. The summed E-state index contributed by atoms with van der Waals surface area (Å²) >= 11 is 0. The predicted molar refractivity (Wildman–Crippen MR) is 159 cm³/mol. The van der Waals surface area contributed by atoms with Gasteiger partial charge in [-0.15, -0.1) is 0 Å². The van der Waals surface area contributed by atoms with Gasteiger partial charge in [0.1, 0.15) is 5.78 Å². The van der Waals surface area contributed by atoms with E-state index in [4.69, 9.17) is 4.98 Å². The van der Waals surface area contributed by atoms with E-state index in [-0.39, 0.29) is 5.91 Å². The summed E-state index contributed by atoms with van der Waals surface area (Å²) < 4.78 is 0. The molecule has 3 unspecified atom stereocenters. The smallest absolute Gasteiger partial charge is 0.228 e. The minimum atomic E-state index is -0.0316. The van der Waals surface area contributed by atoms with Crippen LogP contribution < -0.4 is 5.32 Å². The van der Waals surface area contributed by atoms with E-state index in [1.54, 1.807) is 13.1 Å². The van der Waals surface area contributed by atoms with Crippen molar-refractivity contribution in [2.45, 2.75) is 91.4 Å². The van der Waals surface area contributed by atoms with Gasteiger partial charge in [0, 0.05) is 29.9 Å². The fourth-order valence-electron chi connectivity index (χ4n) is 6.17. The van der Waals surface area contributed by atoms with Crippen LogP contribution in [0.15, 0.2) is 66.0 Å². The lowest BCUT2D eigenvalue weighted by Crippen LogP contribution is -2.12. The number of aryl methyl sites for hydroxylation is 1.